The van der Waals surface area contributed by atoms with Crippen LogP contribution < -0.4 is 5.46 Å². The number of hydrogen-bond acceptors (Lipinski definition) is 3. The molecule has 0 unspecified atom stereocenters. The smallest absolute Gasteiger partial charge is 0.423 e. The third kappa shape index (κ3) is 1.30. The maximum absolute atomic E-state index is 13.1. The minimum absolute atomic E-state index is 0.117. The van der Waals surface area contributed by atoms with Gasteiger partial charge in [0.1, 0.15) is 11.3 Å². The second-order valence-electron chi connectivity index (χ2n) is 2.71. The van der Waals surface area contributed by atoms with E-state index in [4.69, 9.17) is 10.0 Å². The van der Waals surface area contributed by atoms with E-state index in [1.807, 2.05) is 0 Å². The Balaban J connectivity index is 2.70. The van der Waals surface area contributed by atoms with Crippen LogP contribution in [-0.2, 0) is 0 Å². The number of H-pyrrole nitrogens is 1. The molecule has 6 heteroatoms. The summed E-state index contributed by atoms with van der Waals surface area (Å²) in [5, 5.41) is 24.2. The van der Waals surface area contributed by atoms with Gasteiger partial charge < -0.3 is 10.0 Å². The first kappa shape index (κ1) is 8.21. The van der Waals surface area contributed by atoms with Crippen LogP contribution in [0.2, 0.25) is 0 Å². The van der Waals surface area contributed by atoms with Gasteiger partial charge in [0.15, 0.2) is 0 Å². The van der Waals surface area contributed by atoms with Crippen LogP contribution >= 0.6 is 0 Å². The third-order valence-electron chi connectivity index (χ3n) is 1.82. The van der Waals surface area contributed by atoms with E-state index in [-0.39, 0.29) is 11.0 Å². The van der Waals surface area contributed by atoms with Gasteiger partial charge in [-0.15, -0.1) is 0 Å². The number of aromatic nitrogens is 2. The first-order valence-corrected chi connectivity index (χ1v) is 3.67. The van der Waals surface area contributed by atoms with Crippen LogP contribution in [0.4, 0.5) is 4.39 Å². The number of aromatic amines is 1. The van der Waals surface area contributed by atoms with E-state index in [0.717, 1.165) is 6.07 Å². The largest absolute Gasteiger partial charge is 0.488 e. The molecule has 4 nitrogen and oxygen atoms in total. The van der Waals surface area contributed by atoms with Crippen LogP contribution in [0.25, 0.3) is 10.9 Å². The van der Waals surface area contributed by atoms with Crippen molar-refractivity contribution in [1.29, 1.82) is 0 Å². The molecule has 1 aromatic carbocycles. The monoisotopic (exact) mass is 180 g/mol. The Labute approximate surface area is 73.2 Å². The van der Waals surface area contributed by atoms with Crippen molar-refractivity contribution in [2.24, 2.45) is 0 Å². The molecule has 2 aromatic rings. The summed E-state index contributed by atoms with van der Waals surface area (Å²) < 4.78 is 13.1. The molecule has 13 heavy (non-hydrogen) atoms. The highest BCUT2D eigenvalue weighted by Crippen LogP contribution is 2.12. The van der Waals surface area contributed by atoms with Gasteiger partial charge in [-0.2, -0.15) is 5.10 Å². The lowest BCUT2D eigenvalue weighted by Gasteiger charge is -1.99. The van der Waals surface area contributed by atoms with E-state index in [0.29, 0.717) is 5.39 Å². The van der Waals surface area contributed by atoms with Crippen LogP contribution in [0.3, 0.4) is 0 Å². The molecule has 0 aliphatic carbocycles. The summed E-state index contributed by atoms with van der Waals surface area (Å²) in [6.45, 7) is 0. The van der Waals surface area contributed by atoms with E-state index < -0.39 is 12.9 Å². The van der Waals surface area contributed by atoms with Crippen LogP contribution in [0.5, 0.6) is 0 Å². The lowest BCUT2D eigenvalue weighted by Crippen LogP contribution is -2.29. The summed E-state index contributed by atoms with van der Waals surface area (Å²) in [6, 6.07) is 2.53. The van der Waals surface area contributed by atoms with Gasteiger partial charge in [-0.25, -0.2) is 4.39 Å². The van der Waals surface area contributed by atoms with Crippen LogP contribution in [0.1, 0.15) is 0 Å². The number of rotatable bonds is 1. The molecule has 0 saturated heterocycles. The van der Waals surface area contributed by atoms with E-state index in [2.05, 4.69) is 10.2 Å². The Morgan fingerprint density at radius 1 is 1.38 bits per heavy atom. The van der Waals surface area contributed by atoms with Crippen LogP contribution in [0, 0.1) is 5.82 Å². The highest BCUT2D eigenvalue weighted by molar-refractivity contribution is 6.58. The Morgan fingerprint density at radius 2 is 2.15 bits per heavy atom. The molecule has 2 rings (SSSR count). The predicted molar refractivity (Wildman–Crippen MR) is 45.9 cm³/mol. The number of benzene rings is 1. The summed E-state index contributed by atoms with van der Waals surface area (Å²) in [6.07, 6.45) is 1.42. The van der Waals surface area contributed by atoms with Gasteiger partial charge in [0.25, 0.3) is 0 Å². The van der Waals surface area contributed by atoms with Gasteiger partial charge in [0.2, 0.25) is 0 Å². The first-order chi connectivity index (χ1) is 6.18. The lowest BCUT2D eigenvalue weighted by atomic mass is 9.80. The van der Waals surface area contributed by atoms with Crippen molar-refractivity contribution in [2.75, 3.05) is 0 Å². The average Bonchev–Trinajstić information content (AvgIpc) is 2.51. The molecule has 66 valence electrons. The highest BCUT2D eigenvalue weighted by atomic mass is 19.1. The molecule has 3 N–H and O–H groups in total. The highest BCUT2D eigenvalue weighted by Gasteiger charge is 2.14. The molecule has 0 atom stereocenters. The van der Waals surface area contributed by atoms with Gasteiger partial charge in [-0.1, -0.05) is 6.07 Å². The fourth-order valence-electron chi connectivity index (χ4n) is 1.18. The van der Waals surface area contributed by atoms with Crippen molar-refractivity contribution in [1.82, 2.24) is 10.2 Å². The van der Waals surface area contributed by atoms with Gasteiger partial charge in [0.05, 0.1) is 6.20 Å². The van der Waals surface area contributed by atoms with Crippen molar-refractivity contribution in [3.63, 3.8) is 0 Å². The zero-order valence-corrected chi connectivity index (χ0v) is 6.53. The molecule has 0 saturated carbocycles. The molecule has 1 heterocycles. The maximum atomic E-state index is 13.1. The van der Waals surface area contributed by atoms with E-state index >= 15 is 0 Å². The van der Waals surface area contributed by atoms with Gasteiger partial charge >= 0.3 is 7.12 Å². The molecule has 0 aliphatic rings. The Morgan fingerprint density at radius 3 is 2.85 bits per heavy atom. The minimum Gasteiger partial charge on any atom is -0.423 e. The first-order valence-electron chi connectivity index (χ1n) is 3.67. The Hall–Kier alpha value is -1.40. The molecular formula is C7H6BFN2O2. The topological polar surface area (TPSA) is 69.1 Å². The second-order valence-corrected chi connectivity index (χ2v) is 2.71. The molecule has 0 amide bonds. The Bertz CT molecular complexity index is 443. The molecular weight excluding hydrogens is 174 g/mol. The molecule has 0 bridgehead atoms. The summed E-state index contributed by atoms with van der Waals surface area (Å²) in [5.74, 6) is -0.543. The molecule has 1 aromatic heterocycles. The van der Waals surface area contributed by atoms with Crippen molar-refractivity contribution >= 4 is 23.5 Å². The van der Waals surface area contributed by atoms with E-state index in [1.54, 1.807) is 0 Å². The summed E-state index contributed by atoms with van der Waals surface area (Å²) >= 11 is 0. The molecule has 0 radical (unpaired) electrons. The number of hydrogen-bond donors (Lipinski definition) is 3. The SMILES string of the molecule is OB(O)c1cc(F)c2[nH]ncc2c1. The average molecular weight is 180 g/mol. The van der Waals surface area contributed by atoms with Crippen LogP contribution in [-0.4, -0.2) is 27.4 Å². The normalized spacial score (nSPS) is 10.7. The quantitative estimate of drug-likeness (QED) is 0.512. The number of nitrogens with one attached hydrogen (secondary N) is 1. The summed E-state index contributed by atoms with van der Waals surface area (Å²) in [4.78, 5) is 0. The van der Waals surface area contributed by atoms with Gasteiger partial charge in [-0.05, 0) is 11.5 Å². The zero-order chi connectivity index (χ0) is 9.42. The van der Waals surface area contributed by atoms with E-state index in [9.17, 15) is 4.39 Å². The minimum atomic E-state index is -1.66. The van der Waals surface area contributed by atoms with Crippen LogP contribution in [0.15, 0.2) is 18.3 Å². The Kier molecular flexibility index (Phi) is 1.79. The van der Waals surface area contributed by atoms with Crippen molar-refractivity contribution in [3.05, 3.63) is 24.1 Å². The summed E-state index contributed by atoms with van der Waals surface area (Å²) in [5.41, 5.74) is 0.385. The standard InChI is InChI=1S/C7H6BFN2O2/c9-6-2-5(8(12)13)1-4-3-10-11-7(4)6/h1-3,12-13H,(H,10,11). The molecule has 0 spiro atoms. The van der Waals surface area contributed by atoms with Crippen molar-refractivity contribution in [3.8, 4) is 0 Å². The fourth-order valence-corrected chi connectivity index (χ4v) is 1.18. The second kappa shape index (κ2) is 2.83. The molecule has 0 aliphatic heterocycles. The third-order valence-corrected chi connectivity index (χ3v) is 1.82. The van der Waals surface area contributed by atoms with Gasteiger partial charge in [0, 0.05) is 5.39 Å². The van der Waals surface area contributed by atoms with Gasteiger partial charge in [-0.3, -0.25) is 5.10 Å². The maximum Gasteiger partial charge on any atom is 0.488 e. The molecule has 0 fully saturated rings. The van der Waals surface area contributed by atoms with E-state index in [1.165, 1.54) is 12.3 Å². The number of halogens is 1. The summed E-state index contributed by atoms with van der Waals surface area (Å²) in [7, 11) is -1.66. The predicted octanol–water partition coefficient (Wildman–Crippen LogP) is -0.618. The van der Waals surface area contributed by atoms with Crippen molar-refractivity contribution < 1.29 is 14.4 Å². The number of nitrogens with zero attached hydrogens (tertiary/aromatic N) is 1. The lowest BCUT2D eigenvalue weighted by molar-refractivity contribution is 0.425. The fraction of sp³-hybridized carbons (Fsp3) is 0. The zero-order valence-electron chi connectivity index (χ0n) is 6.53. The number of fused-ring (bicyclic) bond motifs is 1. The van der Waals surface area contributed by atoms with Crippen molar-refractivity contribution in [2.45, 2.75) is 0 Å².